The average molecular weight is 286 g/mol. The summed E-state index contributed by atoms with van der Waals surface area (Å²) in [6.45, 7) is 0. The SMILES string of the molecule is O=C(NC1CCCC1C(=O)O)c1ccc(F)c(Cl)c1. The molecule has 1 aromatic carbocycles. The Balaban J connectivity index is 2.08. The number of nitrogens with one attached hydrogen (secondary N) is 1. The van der Waals surface area contributed by atoms with E-state index in [0.29, 0.717) is 12.8 Å². The van der Waals surface area contributed by atoms with Crippen LogP contribution in [0.25, 0.3) is 0 Å². The number of amides is 1. The Morgan fingerprint density at radius 3 is 2.74 bits per heavy atom. The molecule has 4 nitrogen and oxygen atoms in total. The van der Waals surface area contributed by atoms with E-state index < -0.39 is 23.6 Å². The molecule has 2 N–H and O–H groups in total. The maximum absolute atomic E-state index is 13.0. The summed E-state index contributed by atoms with van der Waals surface area (Å²) in [6.07, 6.45) is 1.97. The van der Waals surface area contributed by atoms with Crippen LogP contribution in [-0.2, 0) is 4.79 Å². The van der Waals surface area contributed by atoms with Crippen LogP contribution in [0.3, 0.4) is 0 Å². The summed E-state index contributed by atoms with van der Waals surface area (Å²) < 4.78 is 13.0. The second-order valence-electron chi connectivity index (χ2n) is 4.58. The Kier molecular flexibility index (Phi) is 4.04. The van der Waals surface area contributed by atoms with Gasteiger partial charge in [-0.25, -0.2) is 4.39 Å². The van der Waals surface area contributed by atoms with Gasteiger partial charge in [0.15, 0.2) is 0 Å². The van der Waals surface area contributed by atoms with Crippen LogP contribution < -0.4 is 5.32 Å². The maximum atomic E-state index is 13.0. The molecule has 0 saturated heterocycles. The summed E-state index contributed by atoms with van der Waals surface area (Å²) in [5.41, 5.74) is 0.224. The van der Waals surface area contributed by atoms with E-state index in [-0.39, 0.29) is 16.6 Å². The number of hydrogen-bond acceptors (Lipinski definition) is 2. The molecular weight excluding hydrogens is 273 g/mol. The second-order valence-corrected chi connectivity index (χ2v) is 4.99. The molecule has 0 radical (unpaired) electrons. The smallest absolute Gasteiger partial charge is 0.308 e. The molecule has 2 atom stereocenters. The van der Waals surface area contributed by atoms with E-state index >= 15 is 0 Å². The van der Waals surface area contributed by atoms with Gasteiger partial charge in [-0.15, -0.1) is 0 Å². The third kappa shape index (κ3) is 3.04. The highest BCUT2D eigenvalue weighted by atomic mass is 35.5. The normalized spacial score (nSPS) is 22.2. The summed E-state index contributed by atoms with van der Waals surface area (Å²) >= 11 is 5.60. The van der Waals surface area contributed by atoms with Crippen molar-refractivity contribution in [2.24, 2.45) is 5.92 Å². The van der Waals surface area contributed by atoms with Crippen LogP contribution in [0, 0.1) is 11.7 Å². The first-order valence-corrected chi connectivity index (χ1v) is 6.35. The van der Waals surface area contributed by atoms with Crippen molar-refractivity contribution < 1.29 is 19.1 Å². The minimum absolute atomic E-state index is 0.131. The first kappa shape index (κ1) is 13.8. The molecule has 19 heavy (non-hydrogen) atoms. The molecule has 1 amide bonds. The molecule has 1 saturated carbocycles. The molecule has 1 fully saturated rings. The van der Waals surface area contributed by atoms with E-state index in [9.17, 15) is 14.0 Å². The van der Waals surface area contributed by atoms with Crippen molar-refractivity contribution in [3.63, 3.8) is 0 Å². The molecule has 0 aromatic heterocycles. The van der Waals surface area contributed by atoms with Crippen LogP contribution in [0.15, 0.2) is 18.2 Å². The van der Waals surface area contributed by atoms with Gasteiger partial charge < -0.3 is 10.4 Å². The van der Waals surface area contributed by atoms with Gasteiger partial charge in [-0.3, -0.25) is 9.59 Å². The number of carbonyl (C=O) groups is 2. The van der Waals surface area contributed by atoms with E-state index in [0.717, 1.165) is 12.5 Å². The molecule has 0 spiro atoms. The Bertz CT molecular complexity index is 521. The van der Waals surface area contributed by atoms with E-state index in [1.807, 2.05) is 0 Å². The summed E-state index contributed by atoms with van der Waals surface area (Å²) in [5.74, 6) is -2.48. The van der Waals surface area contributed by atoms with Crippen LogP contribution in [-0.4, -0.2) is 23.0 Å². The predicted molar refractivity (Wildman–Crippen MR) is 67.6 cm³/mol. The molecule has 1 aromatic rings. The summed E-state index contributed by atoms with van der Waals surface area (Å²) in [5, 5.41) is 11.6. The number of rotatable bonds is 3. The predicted octanol–water partition coefficient (Wildman–Crippen LogP) is 2.46. The number of aliphatic carboxylic acids is 1. The Hall–Kier alpha value is -1.62. The van der Waals surface area contributed by atoms with Crippen molar-refractivity contribution in [2.75, 3.05) is 0 Å². The van der Waals surface area contributed by atoms with Crippen LogP contribution in [0.1, 0.15) is 29.6 Å². The lowest BCUT2D eigenvalue weighted by Crippen LogP contribution is -2.40. The van der Waals surface area contributed by atoms with E-state index in [1.165, 1.54) is 12.1 Å². The molecule has 2 unspecified atom stereocenters. The second kappa shape index (κ2) is 5.57. The van der Waals surface area contributed by atoms with Crippen LogP contribution in [0.5, 0.6) is 0 Å². The zero-order valence-corrected chi connectivity index (χ0v) is 10.8. The van der Waals surface area contributed by atoms with Gasteiger partial charge in [0, 0.05) is 11.6 Å². The molecule has 6 heteroatoms. The molecule has 0 heterocycles. The Labute approximate surface area is 114 Å². The van der Waals surface area contributed by atoms with E-state index in [1.54, 1.807) is 0 Å². The summed E-state index contributed by atoms with van der Waals surface area (Å²) in [7, 11) is 0. The van der Waals surface area contributed by atoms with Crippen molar-refractivity contribution >= 4 is 23.5 Å². The van der Waals surface area contributed by atoms with Crippen molar-refractivity contribution in [1.82, 2.24) is 5.32 Å². The van der Waals surface area contributed by atoms with Crippen LogP contribution in [0.4, 0.5) is 4.39 Å². The van der Waals surface area contributed by atoms with Crippen molar-refractivity contribution in [3.05, 3.63) is 34.6 Å². The van der Waals surface area contributed by atoms with Crippen molar-refractivity contribution in [3.8, 4) is 0 Å². The van der Waals surface area contributed by atoms with Gasteiger partial charge >= 0.3 is 5.97 Å². The maximum Gasteiger partial charge on any atom is 0.308 e. The molecule has 1 aliphatic rings. The first-order chi connectivity index (χ1) is 8.99. The zero-order valence-electron chi connectivity index (χ0n) is 10.0. The van der Waals surface area contributed by atoms with Gasteiger partial charge in [-0.1, -0.05) is 18.0 Å². The van der Waals surface area contributed by atoms with Gasteiger partial charge in [0.1, 0.15) is 5.82 Å². The fraction of sp³-hybridized carbons (Fsp3) is 0.385. The monoisotopic (exact) mass is 285 g/mol. The minimum atomic E-state index is -0.903. The third-order valence-corrected chi connectivity index (χ3v) is 3.62. The molecule has 0 bridgehead atoms. The van der Waals surface area contributed by atoms with Gasteiger partial charge in [0.2, 0.25) is 0 Å². The van der Waals surface area contributed by atoms with E-state index in [2.05, 4.69) is 5.32 Å². The van der Waals surface area contributed by atoms with Gasteiger partial charge in [-0.2, -0.15) is 0 Å². The lowest BCUT2D eigenvalue weighted by Gasteiger charge is -2.17. The largest absolute Gasteiger partial charge is 0.481 e. The highest BCUT2D eigenvalue weighted by molar-refractivity contribution is 6.31. The number of carbonyl (C=O) groups excluding carboxylic acids is 1. The first-order valence-electron chi connectivity index (χ1n) is 5.98. The highest BCUT2D eigenvalue weighted by Gasteiger charge is 2.34. The van der Waals surface area contributed by atoms with E-state index in [4.69, 9.17) is 16.7 Å². The molecule has 2 rings (SSSR count). The molecule has 1 aliphatic carbocycles. The van der Waals surface area contributed by atoms with Gasteiger partial charge in [0.05, 0.1) is 10.9 Å². The summed E-state index contributed by atoms with van der Waals surface area (Å²) in [6, 6.07) is 3.28. The molecule has 0 aliphatic heterocycles. The van der Waals surface area contributed by atoms with Crippen LogP contribution in [0.2, 0.25) is 5.02 Å². The van der Waals surface area contributed by atoms with Gasteiger partial charge in [0.25, 0.3) is 5.91 Å². The van der Waals surface area contributed by atoms with Crippen molar-refractivity contribution in [1.29, 1.82) is 0 Å². The number of carboxylic acids is 1. The topological polar surface area (TPSA) is 66.4 Å². The number of carboxylic acid groups (broad SMARTS) is 1. The minimum Gasteiger partial charge on any atom is -0.481 e. The molecule has 102 valence electrons. The zero-order chi connectivity index (χ0) is 14.0. The number of hydrogen-bond donors (Lipinski definition) is 2. The Morgan fingerprint density at radius 1 is 1.37 bits per heavy atom. The lowest BCUT2D eigenvalue weighted by atomic mass is 10.0. The highest BCUT2D eigenvalue weighted by Crippen LogP contribution is 2.26. The van der Waals surface area contributed by atoms with Crippen LogP contribution >= 0.6 is 11.6 Å². The Morgan fingerprint density at radius 2 is 2.11 bits per heavy atom. The number of halogens is 2. The summed E-state index contributed by atoms with van der Waals surface area (Å²) in [4.78, 5) is 23.0. The fourth-order valence-corrected chi connectivity index (χ4v) is 2.50. The fourth-order valence-electron chi connectivity index (χ4n) is 2.32. The lowest BCUT2D eigenvalue weighted by molar-refractivity contribution is -0.142. The van der Waals surface area contributed by atoms with Crippen molar-refractivity contribution in [2.45, 2.75) is 25.3 Å². The quantitative estimate of drug-likeness (QED) is 0.896. The average Bonchev–Trinajstić information content (AvgIpc) is 2.80. The molecular formula is C13H13ClFNO3. The third-order valence-electron chi connectivity index (χ3n) is 3.33. The standard InChI is InChI=1S/C13H13ClFNO3/c14-9-6-7(4-5-10(9)15)12(17)16-11-3-1-2-8(11)13(18)19/h4-6,8,11H,1-3H2,(H,16,17)(H,18,19). The number of benzene rings is 1. The van der Waals surface area contributed by atoms with Gasteiger partial charge in [-0.05, 0) is 31.0 Å².